The highest BCUT2D eigenvalue weighted by Crippen LogP contribution is 2.23. The number of hydrogen-bond acceptors (Lipinski definition) is 3. The summed E-state index contributed by atoms with van der Waals surface area (Å²) in [6.07, 6.45) is 8.60. The zero-order chi connectivity index (χ0) is 12.7. The number of methoxy groups -OCH3 is 1. The fourth-order valence-corrected chi connectivity index (χ4v) is 2.10. The molecule has 0 heterocycles. The molecule has 0 spiro atoms. The molecule has 1 aliphatic rings. The second-order valence-corrected chi connectivity index (χ2v) is 4.44. The molecule has 1 saturated carbocycles. The molecule has 1 aliphatic carbocycles. The standard InChI is InChI=1S/C13H21NO3/c1-10(15)14-12(13(16)17-2)9-8-11-6-4-3-5-7-11/h8,12H,3-7,9H2,1-2H3,(H,14,15). The molecular formula is C13H21NO3. The average Bonchev–Trinajstić information content (AvgIpc) is 2.34. The fourth-order valence-electron chi connectivity index (χ4n) is 2.10. The van der Waals surface area contributed by atoms with Crippen LogP contribution in [-0.4, -0.2) is 25.0 Å². The summed E-state index contributed by atoms with van der Waals surface area (Å²) in [5.74, 6) is -0.588. The van der Waals surface area contributed by atoms with Crippen molar-refractivity contribution in [2.45, 2.75) is 51.5 Å². The van der Waals surface area contributed by atoms with Crippen molar-refractivity contribution in [2.24, 2.45) is 0 Å². The highest BCUT2D eigenvalue weighted by molar-refractivity contribution is 5.83. The largest absolute Gasteiger partial charge is 0.467 e. The van der Waals surface area contributed by atoms with E-state index in [9.17, 15) is 9.59 Å². The highest BCUT2D eigenvalue weighted by atomic mass is 16.5. The van der Waals surface area contributed by atoms with Gasteiger partial charge in [0.05, 0.1) is 7.11 Å². The number of hydrogen-bond donors (Lipinski definition) is 1. The molecule has 96 valence electrons. The molecule has 0 bridgehead atoms. The van der Waals surface area contributed by atoms with Gasteiger partial charge in [-0.1, -0.05) is 18.1 Å². The number of rotatable bonds is 4. The van der Waals surface area contributed by atoms with E-state index >= 15 is 0 Å². The van der Waals surface area contributed by atoms with Gasteiger partial charge in [-0.3, -0.25) is 4.79 Å². The summed E-state index contributed by atoms with van der Waals surface area (Å²) >= 11 is 0. The Kier molecular flexibility index (Phi) is 5.73. The molecule has 1 rings (SSSR count). The Morgan fingerprint density at radius 1 is 1.35 bits per heavy atom. The van der Waals surface area contributed by atoms with E-state index in [2.05, 4.69) is 16.1 Å². The van der Waals surface area contributed by atoms with Gasteiger partial charge < -0.3 is 10.1 Å². The number of allylic oxidation sites excluding steroid dienone is 1. The predicted molar refractivity (Wildman–Crippen MR) is 65.4 cm³/mol. The number of esters is 1. The van der Waals surface area contributed by atoms with Gasteiger partial charge in [0, 0.05) is 6.92 Å². The van der Waals surface area contributed by atoms with Crippen molar-refractivity contribution >= 4 is 11.9 Å². The Morgan fingerprint density at radius 2 is 2.00 bits per heavy atom. The third-order valence-electron chi connectivity index (χ3n) is 3.00. The molecule has 0 aromatic rings. The summed E-state index contributed by atoms with van der Waals surface area (Å²) in [6.45, 7) is 1.41. The molecule has 1 amide bonds. The summed E-state index contributed by atoms with van der Waals surface area (Å²) in [7, 11) is 1.34. The summed E-state index contributed by atoms with van der Waals surface area (Å²) in [5.41, 5.74) is 1.40. The lowest BCUT2D eigenvalue weighted by atomic mass is 9.93. The zero-order valence-electron chi connectivity index (χ0n) is 10.6. The molecule has 1 unspecified atom stereocenters. The Morgan fingerprint density at radius 3 is 2.53 bits per heavy atom. The van der Waals surface area contributed by atoms with Crippen LogP contribution in [-0.2, 0) is 14.3 Å². The molecule has 0 aromatic heterocycles. The first kappa shape index (κ1) is 13.7. The van der Waals surface area contributed by atoms with Crippen LogP contribution in [0.4, 0.5) is 0 Å². The molecule has 4 heteroatoms. The van der Waals surface area contributed by atoms with Crippen molar-refractivity contribution in [3.05, 3.63) is 11.6 Å². The number of carbonyl (C=O) groups excluding carboxylic acids is 2. The van der Waals surface area contributed by atoms with Crippen LogP contribution in [0, 0.1) is 0 Å². The normalized spacial score (nSPS) is 17.2. The molecule has 1 N–H and O–H groups in total. The minimum absolute atomic E-state index is 0.206. The number of carbonyl (C=O) groups is 2. The Balaban J connectivity index is 2.52. The molecule has 1 atom stereocenters. The van der Waals surface area contributed by atoms with E-state index in [1.807, 2.05) is 0 Å². The second-order valence-electron chi connectivity index (χ2n) is 4.44. The van der Waals surface area contributed by atoms with E-state index in [0.29, 0.717) is 6.42 Å². The SMILES string of the molecule is COC(=O)C(CC=C1CCCCC1)NC(C)=O. The van der Waals surface area contributed by atoms with Crippen molar-refractivity contribution in [3.8, 4) is 0 Å². The van der Waals surface area contributed by atoms with E-state index in [1.165, 1.54) is 38.9 Å². The fraction of sp³-hybridized carbons (Fsp3) is 0.692. The van der Waals surface area contributed by atoms with Crippen LogP contribution < -0.4 is 5.32 Å². The predicted octanol–water partition coefficient (Wildman–Crippen LogP) is 1.94. The minimum atomic E-state index is -0.549. The smallest absolute Gasteiger partial charge is 0.328 e. The first-order valence-corrected chi connectivity index (χ1v) is 6.16. The van der Waals surface area contributed by atoms with Crippen LogP contribution in [0.3, 0.4) is 0 Å². The Bertz CT molecular complexity index is 302. The van der Waals surface area contributed by atoms with Crippen molar-refractivity contribution < 1.29 is 14.3 Å². The third-order valence-corrected chi connectivity index (χ3v) is 3.00. The molecule has 0 radical (unpaired) electrons. The summed E-state index contributed by atoms with van der Waals surface area (Å²) in [4.78, 5) is 22.4. The molecule has 17 heavy (non-hydrogen) atoms. The van der Waals surface area contributed by atoms with E-state index in [4.69, 9.17) is 0 Å². The van der Waals surface area contributed by atoms with Crippen LogP contribution in [0.25, 0.3) is 0 Å². The lowest BCUT2D eigenvalue weighted by Crippen LogP contribution is -2.40. The summed E-state index contributed by atoms with van der Waals surface area (Å²) < 4.78 is 4.67. The van der Waals surface area contributed by atoms with Crippen LogP contribution in [0.15, 0.2) is 11.6 Å². The maximum absolute atomic E-state index is 11.5. The van der Waals surface area contributed by atoms with Crippen LogP contribution in [0.1, 0.15) is 45.4 Å². The maximum atomic E-state index is 11.5. The van der Waals surface area contributed by atoms with Gasteiger partial charge in [0.25, 0.3) is 0 Å². The van der Waals surface area contributed by atoms with Crippen LogP contribution >= 0.6 is 0 Å². The lowest BCUT2D eigenvalue weighted by Gasteiger charge is -2.16. The van der Waals surface area contributed by atoms with Gasteiger partial charge in [-0.2, -0.15) is 0 Å². The first-order chi connectivity index (χ1) is 8.13. The van der Waals surface area contributed by atoms with Gasteiger partial charge in [-0.25, -0.2) is 4.79 Å². The van der Waals surface area contributed by atoms with Gasteiger partial charge in [0.2, 0.25) is 5.91 Å². The maximum Gasteiger partial charge on any atom is 0.328 e. The Labute approximate surface area is 102 Å². The molecular weight excluding hydrogens is 218 g/mol. The van der Waals surface area contributed by atoms with Crippen molar-refractivity contribution in [1.29, 1.82) is 0 Å². The van der Waals surface area contributed by atoms with E-state index in [-0.39, 0.29) is 11.9 Å². The van der Waals surface area contributed by atoms with Crippen LogP contribution in [0.2, 0.25) is 0 Å². The summed E-state index contributed by atoms with van der Waals surface area (Å²) in [6, 6.07) is -0.549. The van der Waals surface area contributed by atoms with Crippen molar-refractivity contribution in [2.75, 3.05) is 7.11 Å². The van der Waals surface area contributed by atoms with E-state index < -0.39 is 6.04 Å². The van der Waals surface area contributed by atoms with Gasteiger partial charge >= 0.3 is 5.97 Å². The molecule has 4 nitrogen and oxygen atoms in total. The number of nitrogens with one attached hydrogen (secondary N) is 1. The molecule has 1 fully saturated rings. The second kappa shape index (κ2) is 7.09. The Hall–Kier alpha value is -1.32. The quantitative estimate of drug-likeness (QED) is 0.602. The molecule has 0 aliphatic heterocycles. The van der Waals surface area contributed by atoms with Crippen molar-refractivity contribution in [3.63, 3.8) is 0 Å². The van der Waals surface area contributed by atoms with E-state index in [0.717, 1.165) is 12.8 Å². The van der Waals surface area contributed by atoms with Gasteiger partial charge in [-0.15, -0.1) is 0 Å². The lowest BCUT2D eigenvalue weighted by molar-refractivity contribution is -0.144. The molecule has 0 saturated heterocycles. The summed E-state index contributed by atoms with van der Waals surface area (Å²) in [5, 5.41) is 2.61. The average molecular weight is 239 g/mol. The monoisotopic (exact) mass is 239 g/mol. The minimum Gasteiger partial charge on any atom is -0.467 e. The zero-order valence-corrected chi connectivity index (χ0v) is 10.6. The van der Waals surface area contributed by atoms with E-state index in [1.54, 1.807) is 0 Å². The van der Waals surface area contributed by atoms with Gasteiger partial charge in [0.15, 0.2) is 0 Å². The highest BCUT2D eigenvalue weighted by Gasteiger charge is 2.19. The molecule has 0 aromatic carbocycles. The first-order valence-electron chi connectivity index (χ1n) is 6.16. The van der Waals surface area contributed by atoms with Crippen molar-refractivity contribution in [1.82, 2.24) is 5.32 Å². The van der Waals surface area contributed by atoms with Gasteiger partial charge in [0.1, 0.15) is 6.04 Å². The van der Waals surface area contributed by atoms with Crippen LogP contribution in [0.5, 0.6) is 0 Å². The topological polar surface area (TPSA) is 55.4 Å². The number of ether oxygens (including phenoxy) is 1. The number of amides is 1. The van der Waals surface area contributed by atoms with Gasteiger partial charge in [-0.05, 0) is 32.1 Å². The third kappa shape index (κ3) is 5.02.